The highest BCUT2D eigenvalue weighted by molar-refractivity contribution is 5.13. The summed E-state index contributed by atoms with van der Waals surface area (Å²) in [6.45, 7) is 11.7. The molecule has 0 spiro atoms. The lowest BCUT2D eigenvalue weighted by Gasteiger charge is -2.38. The Labute approximate surface area is 131 Å². The zero-order valence-corrected chi connectivity index (χ0v) is 14.7. The molecule has 1 aliphatic rings. The Balaban J connectivity index is 2.45. The van der Waals surface area contributed by atoms with Gasteiger partial charge in [-0.1, -0.05) is 48.8 Å². The number of allylic oxidation sites excluding steroid dienone is 5. The van der Waals surface area contributed by atoms with Gasteiger partial charge in [0.25, 0.3) is 0 Å². The van der Waals surface area contributed by atoms with Gasteiger partial charge in [-0.3, -0.25) is 0 Å². The van der Waals surface area contributed by atoms with E-state index in [0.29, 0.717) is 5.41 Å². The molecular formula is C20H34O. The molecule has 0 fully saturated rings. The molecule has 0 bridgehead atoms. The van der Waals surface area contributed by atoms with Gasteiger partial charge < -0.3 is 5.11 Å². The summed E-state index contributed by atoms with van der Waals surface area (Å²) in [6.07, 6.45) is 13.9. The van der Waals surface area contributed by atoms with Crippen LogP contribution < -0.4 is 0 Å². The molecule has 0 aromatic heterocycles. The van der Waals surface area contributed by atoms with Crippen molar-refractivity contribution >= 4 is 0 Å². The zero-order chi connectivity index (χ0) is 15.9. The highest BCUT2D eigenvalue weighted by atomic mass is 16.2. The van der Waals surface area contributed by atoms with Crippen LogP contribution in [0, 0.1) is 11.3 Å². The predicted octanol–water partition coefficient (Wildman–Crippen LogP) is 5.81. The molecule has 0 amide bonds. The third kappa shape index (κ3) is 6.22. The Kier molecular flexibility index (Phi) is 7.45. The molecule has 1 N–H and O–H groups in total. The number of hydrogen-bond donors (Lipinski definition) is 1. The molecule has 0 aromatic rings. The number of aliphatic hydroxyl groups is 1. The van der Waals surface area contributed by atoms with Crippen LogP contribution in [0.2, 0.25) is 0 Å². The predicted molar refractivity (Wildman–Crippen MR) is 93.3 cm³/mol. The normalized spacial score (nSPS) is 23.1. The molecule has 21 heavy (non-hydrogen) atoms. The van der Waals surface area contributed by atoms with E-state index < -0.39 is 0 Å². The molecule has 0 aliphatic heterocycles. The summed E-state index contributed by atoms with van der Waals surface area (Å²) in [5.41, 5.74) is 4.86. The minimum Gasteiger partial charge on any atom is -0.392 e. The first-order chi connectivity index (χ1) is 9.86. The van der Waals surface area contributed by atoms with Gasteiger partial charge in [-0.15, -0.1) is 0 Å². The van der Waals surface area contributed by atoms with Crippen molar-refractivity contribution < 1.29 is 5.11 Å². The van der Waals surface area contributed by atoms with Crippen LogP contribution in [0.3, 0.4) is 0 Å². The maximum atomic E-state index is 8.85. The Morgan fingerprint density at radius 3 is 2.52 bits per heavy atom. The second-order valence-corrected chi connectivity index (χ2v) is 7.39. The van der Waals surface area contributed by atoms with Gasteiger partial charge in [0.05, 0.1) is 6.61 Å². The van der Waals surface area contributed by atoms with Crippen molar-refractivity contribution in [1.29, 1.82) is 0 Å². The quantitative estimate of drug-likeness (QED) is 0.586. The van der Waals surface area contributed by atoms with Crippen molar-refractivity contribution in [3.05, 3.63) is 34.9 Å². The molecule has 1 nitrogen and oxygen atoms in total. The second kappa shape index (κ2) is 8.58. The molecule has 0 saturated heterocycles. The first kappa shape index (κ1) is 18.2. The lowest BCUT2D eigenvalue weighted by molar-refractivity contribution is 0.204. The van der Waals surface area contributed by atoms with E-state index in [0.717, 1.165) is 18.8 Å². The zero-order valence-electron chi connectivity index (χ0n) is 14.7. The molecule has 0 radical (unpaired) electrons. The fourth-order valence-corrected chi connectivity index (χ4v) is 3.50. The van der Waals surface area contributed by atoms with Crippen molar-refractivity contribution in [3.63, 3.8) is 0 Å². The van der Waals surface area contributed by atoms with Crippen LogP contribution in [0.15, 0.2) is 34.9 Å². The maximum absolute atomic E-state index is 8.85. The van der Waals surface area contributed by atoms with Crippen LogP contribution in [-0.2, 0) is 0 Å². The summed E-state index contributed by atoms with van der Waals surface area (Å²) >= 11 is 0. The first-order valence-corrected chi connectivity index (χ1v) is 8.45. The van der Waals surface area contributed by atoms with Crippen molar-refractivity contribution in [2.24, 2.45) is 11.3 Å². The van der Waals surface area contributed by atoms with Gasteiger partial charge in [0, 0.05) is 0 Å². The molecule has 1 rings (SSSR count). The smallest absolute Gasteiger partial charge is 0.0614 e. The summed E-state index contributed by atoms with van der Waals surface area (Å²) in [7, 11) is 0. The van der Waals surface area contributed by atoms with Gasteiger partial charge in [-0.2, -0.15) is 0 Å². The number of hydrogen-bond acceptors (Lipinski definition) is 1. The van der Waals surface area contributed by atoms with Gasteiger partial charge in [-0.05, 0) is 70.6 Å². The largest absolute Gasteiger partial charge is 0.392 e. The Hall–Kier alpha value is -0.820. The molecular weight excluding hydrogens is 256 g/mol. The van der Waals surface area contributed by atoms with Gasteiger partial charge in [-0.25, -0.2) is 0 Å². The lowest BCUT2D eigenvalue weighted by atomic mass is 9.67. The number of aliphatic hydroxyl groups excluding tert-OH is 1. The molecule has 1 heteroatoms. The summed E-state index contributed by atoms with van der Waals surface area (Å²) in [6, 6.07) is 0. The van der Waals surface area contributed by atoms with E-state index in [4.69, 9.17) is 5.11 Å². The minimum absolute atomic E-state index is 0.164. The van der Waals surface area contributed by atoms with E-state index in [1.165, 1.54) is 36.8 Å². The average molecular weight is 290 g/mol. The fourth-order valence-electron chi connectivity index (χ4n) is 3.50. The fraction of sp³-hybridized carbons (Fsp3) is 0.700. The molecule has 1 unspecified atom stereocenters. The molecule has 0 heterocycles. The van der Waals surface area contributed by atoms with E-state index >= 15 is 0 Å². The van der Waals surface area contributed by atoms with E-state index in [9.17, 15) is 0 Å². The first-order valence-electron chi connectivity index (χ1n) is 8.45. The summed E-state index contributed by atoms with van der Waals surface area (Å²) in [4.78, 5) is 0. The van der Waals surface area contributed by atoms with Gasteiger partial charge in [0.2, 0.25) is 0 Å². The Bertz CT molecular complexity index is 410. The summed E-state index contributed by atoms with van der Waals surface area (Å²) in [5, 5.41) is 8.85. The van der Waals surface area contributed by atoms with Crippen molar-refractivity contribution in [2.75, 3.05) is 6.61 Å². The van der Waals surface area contributed by atoms with Crippen LogP contribution in [0.25, 0.3) is 0 Å². The highest BCUT2D eigenvalue weighted by Crippen LogP contribution is 2.43. The van der Waals surface area contributed by atoms with Crippen LogP contribution in [-0.4, -0.2) is 11.7 Å². The molecule has 120 valence electrons. The van der Waals surface area contributed by atoms with Crippen LogP contribution in [0.4, 0.5) is 0 Å². The van der Waals surface area contributed by atoms with Gasteiger partial charge >= 0.3 is 0 Å². The topological polar surface area (TPSA) is 20.2 Å². The third-order valence-electron chi connectivity index (χ3n) is 5.05. The van der Waals surface area contributed by atoms with E-state index in [-0.39, 0.29) is 6.61 Å². The summed E-state index contributed by atoms with van der Waals surface area (Å²) in [5.74, 6) is 0.741. The SMILES string of the molecule is CC(=CCO)CCC=C(C)CCC1C(C)=CCCC1(C)C. The molecule has 1 atom stereocenters. The molecule has 0 saturated carbocycles. The van der Waals surface area contributed by atoms with E-state index in [1.54, 1.807) is 5.57 Å². The van der Waals surface area contributed by atoms with Crippen LogP contribution in [0.1, 0.15) is 73.1 Å². The van der Waals surface area contributed by atoms with Gasteiger partial charge in [0.1, 0.15) is 0 Å². The maximum Gasteiger partial charge on any atom is 0.0614 e. The standard InChI is InChI=1S/C20H34O/c1-16(8-6-9-17(2)13-15-21)11-12-19-18(3)10-7-14-20(19,4)5/h8,10,13,19,21H,6-7,9,11-12,14-15H2,1-5H3. The van der Waals surface area contributed by atoms with Crippen LogP contribution in [0.5, 0.6) is 0 Å². The molecule has 1 aliphatic carbocycles. The minimum atomic E-state index is 0.164. The Morgan fingerprint density at radius 1 is 1.24 bits per heavy atom. The molecule has 0 aromatic carbocycles. The van der Waals surface area contributed by atoms with Crippen molar-refractivity contribution in [2.45, 2.75) is 73.1 Å². The third-order valence-corrected chi connectivity index (χ3v) is 5.05. The van der Waals surface area contributed by atoms with E-state index in [1.807, 2.05) is 6.08 Å². The number of rotatable bonds is 7. The second-order valence-electron chi connectivity index (χ2n) is 7.39. The van der Waals surface area contributed by atoms with Gasteiger partial charge in [0.15, 0.2) is 0 Å². The lowest BCUT2D eigenvalue weighted by Crippen LogP contribution is -2.27. The van der Waals surface area contributed by atoms with Crippen molar-refractivity contribution in [3.8, 4) is 0 Å². The van der Waals surface area contributed by atoms with Crippen LogP contribution >= 0.6 is 0 Å². The highest BCUT2D eigenvalue weighted by Gasteiger charge is 2.32. The van der Waals surface area contributed by atoms with E-state index in [2.05, 4.69) is 46.8 Å². The van der Waals surface area contributed by atoms with Crippen molar-refractivity contribution in [1.82, 2.24) is 0 Å². The average Bonchev–Trinajstić information content (AvgIpc) is 2.37. The Morgan fingerprint density at radius 2 is 1.90 bits per heavy atom. The monoisotopic (exact) mass is 290 g/mol. The summed E-state index contributed by atoms with van der Waals surface area (Å²) < 4.78 is 0.